The number of rotatable bonds is 7. The first-order chi connectivity index (χ1) is 17.3. The van der Waals surface area contributed by atoms with E-state index in [1.54, 1.807) is 12.1 Å². The van der Waals surface area contributed by atoms with Crippen molar-refractivity contribution >= 4 is 11.9 Å². The summed E-state index contributed by atoms with van der Waals surface area (Å²) >= 11 is 0. The van der Waals surface area contributed by atoms with E-state index in [0.29, 0.717) is 11.1 Å². The number of benzene rings is 4. The molecule has 4 rings (SSSR count). The molecule has 0 radical (unpaired) electrons. The van der Waals surface area contributed by atoms with E-state index in [2.05, 4.69) is 0 Å². The van der Waals surface area contributed by atoms with Crippen molar-refractivity contribution in [3.63, 3.8) is 0 Å². The van der Waals surface area contributed by atoms with Crippen LogP contribution in [0, 0.1) is 27.7 Å². The molecule has 0 heterocycles. The van der Waals surface area contributed by atoms with E-state index in [1.807, 2.05) is 100 Å². The summed E-state index contributed by atoms with van der Waals surface area (Å²) in [6.07, 6.45) is 0. The van der Waals surface area contributed by atoms with Crippen LogP contribution in [0.2, 0.25) is 0 Å². The lowest BCUT2D eigenvalue weighted by atomic mass is 10.0. The largest absolute Gasteiger partial charge is 0.457 e. The molecule has 0 fully saturated rings. The molecule has 182 valence electrons. The molecule has 0 aliphatic carbocycles. The molecular weight excluding hydrogens is 448 g/mol. The number of esters is 2. The Morgan fingerprint density at radius 1 is 0.528 bits per heavy atom. The highest BCUT2D eigenvalue weighted by Gasteiger charge is 2.11. The van der Waals surface area contributed by atoms with Crippen LogP contribution in [0.1, 0.15) is 54.1 Å². The number of hydrogen-bond acceptors (Lipinski definition) is 4. The van der Waals surface area contributed by atoms with Crippen LogP contribution in [-0.4, -0.2) is 11.9 Å². The fraction of sp³-hybridized carbons (Fsp3) is 0.188. The Morgan fingerprint density at radius 2 is 0.944 bits per heavy atom. The van der Waals surface area contributed by atoms with Crippen molar-refractivity contribution in [2.45, 2.75) is 40.9 Å². The van der Waals surface area contributed by atoms with Gasteiger partial charge in [0.15, 0.2) is 0 Å². The standard InChI is InChI=1S/C32H30O4/c1-21-11-13-29(15-23(21)3)31(33)35-19-25-7-5-9-27(17-25)28-10-6-8-26(18-28)20-36-32(34)30-14-12-22(2)24(4)16-30/h5-18H,19-20H2,1-4H3. The molecule has 4 aromatic rings. The molecule has 0 saturated carbocycles. The Hall–Kier alpha value is -4.18. The van der Waals surface area contributed by atoms with Gasteiger partial charge in [0.25, 0.3) is 0 Å². The number of carbonyl (C=O) groups is 2. The first-order valence-electron chi connectivity index (χ1n) is 12.0. The second-order valence-electron chi connectivity index (χ2n) is 9.15. The van der Waals surface area contributed by atoms with Crippen LogP contribution < -0.4 is 0 Å². The summed E-state index contributed by atoms with van der Waals surface area (Å²) in [7, 11) is 0. The zero-order chi connectivity index (χ0) is 25.7. The Labute approximate surface area is 212 Å². The summed E-state index contributed by atoms with van der Waals surface area (Å²) in [5.41, 5.74) is 9.30. The van der Waals surface area contributed by atoms with Crippen molar-refractivity contribution in [2.24, 2.45) is 0 Å². The summed E-state index contributed by atoms with van der Waals surface area (Å²) in [5, 5.41) is 0. The van der Waals surface area contributed by atoms with E-state index in [0.717, 1.165) is 44.5 Å². The highest BCUT2D eigenvalue weighted by Crippen LogP contribution is 2.23. The summed E-state index contributed by atoms with van der Waals surface area (Å²) < 4.78 is 11.1. The minimum Gasteiger partial charge on any atom is -0.457 e. The Morgan fingerprint density at radius 3 is 1.33 bits per heavy atom. The summed E-state index contributed by atoms with van der Waals surface area (Å²) in [5.74, 6) is -0.674. The average molecular weight is 479 g/mol. The van der Waals surface area contributed by atoms with Crippen LogP contribution in [0.3, 0.4) is 0 Å². The van der Waals surface area contributed by atoms with Gasteiger partial charge in [-0.05, 0) is 109 Å². The zero-order valence-corrected chi connectivity index (χ0v) is 21.1. The van der Waals surface area contributed by atoms with E-state index in [4.69, 9.17) is 9.47 Å². The molecule has 0 N–H and O–H groups in total. The normalized spacial score (nSPS) is 10.7. The third kappa shape index (κ3) is 6.08. The van der Waals surface area contributed by atoms with Gasteiger partial charge in [0.2, 0.25) is 0 Å². The molecule has 36 heavy (non-hydrogen) atoms. The Kier molecular flexibility index (Phi) is 7.65. The van der Waals surface area contributed by atoms with Crippen LogP contribution in [0.25, 0.3) is 11.1 Å². The molecule has 0 aromatic heterocycles. The predicted octanol–water partition coefficient (Wildman–Crippen LogP) is 7.30. The fourth-order valence-electron chi connectivity index (χ4n) is 3.88. The van der Waals surface area contributed by atoms with Gasteiger partial charge in [-0.3, -0.25) is 0 Å². The average Bonchev–Trinajstić information content (AvgIpc) is 2.89. The van der Waals surface area contributed by atoms with E-state index < -0.39 is 0 Å². The first kappa shape index (κ1) is 24.9. The van der Waals surface area contributed by atoms with E-state index in [9.17, 15) is 9.59 Å². The lowest BCUT2D eigenvalue weighted by Gasteiger charge is -2.10. The second kappa shape index (κ2) is 11.0. The summed E-state index contributed by atoms with van der Waals surface area (Å²) in [6.45, 7) is 8.36. The highest BCUT2D eigenvalue weighted by atomic mass is 16.5. The Balaban J connectivity index is 1.40. The van der Waals surface area contributed by atoms with Gasteiger partial charge in [0, 0.05) is 0 Å². The van der Waals surface area contributed by atoms with Crippen LogP contribution in [0.15, 0.2) is 84.9 Å². The Bertz CT molecular complexity index is 1310. The molecule has 4 nitrogen and oxygen atoms in total. The monoisotopic (exact) mass is 478 g/mol. The third-order valence-corrected chi connectivity index (χ3v) is 6.41. The van der Waals surface area contributed by atoms with Crippen LogP contribution in [0.5, 0.6) is 0 Å². The van der Waals surface area contributed by atoms with E-state index >= 15 is 0 Å². The van der Waals surface area contributed by atoms with Crippen molar-refractivity contribution in [1.29, 1.82) is 0 Å². The van der Waals surface area contributed by atoms with Gasteiger partial charge in [0.05, 0.1) is 11.1 Å². The topological polar surface area (TPSA) is 52.6 Å². The van der Waals surface area contributed by atoms with Crippen molar-refractivity contribution in [1.82, 2.24) is 0 Å². The molecule has 0 aliphatic heterocycles. The van der Waals surface area contributed by atoms with Crippen molar-refractivity contribution < 1.29 is 19.1 Å². The molecule has 0 bridgehead atoms. The van der Waals surface area contributed by atoms with E-state index in [1.165, 1.54) is 0 Å². The quantitative estimate of drug-likeness (QED) is 0.262. The molecular formula is C32H30O4. The molecule has 0 atom stereocenters. The zero-order valence-electron chi connectivity index (χ0n) is 21.1. The van der Waals surface area contributed by atoms with Crippen molar-refractivity contribution in [3.8, 4) is 11.1 Å². The number of hydrogen-bond donors (Lipinski definition) is 0. The summed E-state index contributed by atoms with van der Waals surface area (Å²) in [6, 6.07) is 26.9. The maximum atomic E-state index is 12.5. The van der Waals surface area contributed by atoms with Crippen LogP contribution >= 0.6 is 0 Å². The molecule has 4 aromatic carbocycles. The SMILES string of the molecule is Cc1ccc(C(=O)OCc2cccc(-c3cccc(COC(=O)c4ccc(C)c(C)c4)c3)c2)cc1C. The maximum Gasteiger partial charge on any atom is 0.338 e. The minimum atomic E-state index is -0.337. The number of aryl methyl sites for hydroxylation is 4. The summed E-state index contributed by atoms with van der Waals surface area (Å²) in [4.78, 5) is 25.0. The number of carbonyl (C=O) groups excluding carboxylic acids is 2. The van der Waals surface area contributed by atoms with Gasteiger partial charge in [-0.2, -0.15) is 0 Å². The minimum absolute atomic E-state index is 0.187. The lowest BCUT2D eigenvalue weighted by molar-refractivity contribution is 0.0464. The molecule has 4 heteroatoms. The second-order valence-corrected chi connectivity index (χ2v) is 9.15. The molecule has 0 spiro atoms. The van der Waals surface area contributed by atoms with Gasteiger partial charge in [-0.15, -0.1) is 0 Å². The lowest BCUT2D eigenvalue weighted by Crippen LogP contribution is -2.06. The molecule has 0 unspecified atom stereocenters. The van der Waals surface area contributed by atoms with Gasteiger partial charge in [0.1, 0.15) is 13.2 Å². The first-order valence-corrected chi connectivity index (χ1v) is 12.0. The van der Waals surface area contributed by atoms with Crippen molar-refractivity contribution in [3.05, 3.63) is 129 Å². The molecule has 0 aliphatic rings. The predicted molar refractivity (Wildman–Crippen MR) is 142 cm³/mol. The highest BCUT2D eigenvalue weighted by molar-refractivity contribution is 5.90. The maximum absolute atomic E-state index is 12.5. The van der Waals surface area contributed by atoms with Gasteiger partial charge in [-0.25, -0.2) is 9.59 Å². The smallest absolute Gasteiger partial charge is 0.338 e. The van der Waals surface area contributed by atoms with Gasteiger partial charge < -0.3 is 9.47 Å². The number of ether oxygens (including phenoxy) is 2. The fourth-order valence-corrected chi connectivity index (χ4v) is 3.88. The third-order valence-electron chi connectivity index (χ3n) is 6.41. The van der Waals surface area contributed by atoms with Crippen LogP contribution in [-0.2, 0) is 22.7 Å². The molecule has 0 saturated heterocycles. The van der Waals surface area contributed by atoms with Crippen LogP contribution in [0.4, 0.5) is 0 Å². The molecule has 0 amide bonds. The van der Waals surface area contributed by atoms with E-state index in [-0.39, 0.29) is 25.2 Å². The van der Waals surface area contributed by atoms with Gasteiger partial charge >= 0.3 is 11.9 Å². The van der Waals surface area contributed by atoms with Gasteiger partial charge in [-0.1, -0.05) is 48.5 Å². The van der Waals surface area contributed by atoms with Crippen molar-refractivity contribution in [2.75, 3.05) is 0 Å².